The van der Waals surface area contributed by atoms with Crippen molar-refractivity contribution in [1.29, 1.82) is 0 Å². The molecule has 3 heteroatoms. The Balaban J connectivity index is 2.58. The zero-order valence-corrected chi connectivity index (χ0v) is 9.48. The van der Waals surface area contributed by atoms with Crippen LogP contribution in [0.4, 0.5) is 0 Å². The predicted molar refractivity (Wildman–Crippen MR) is 61.8 cm³/mol. The van der Waals surface area contributed by atoms with Crippen LogP contribution in [0, 0.1) is 0 Å². The fourth-order valence-electron chi connectivity index (χ4n) is 1.75. The Morgan fingerprint density at radius 3 is 2.86 bits per heavy atom. The van der Waals surface area contributed by atoms with Crippen molar-refractivity contribution in [3.8, 4) is 0 Å². The maximum atomic E-state index is 11.6. The molecule has 0 bridgehead atoms. The zero-order chi connectivity index (χ0) is 9.71. The normalized spacial score (nSPS) is 13.9. The van der Waals surface area contributed by atoms with Crippen molar-refractivity contribution in [3.63, 3.8) is 0 Å². The lowest BCUT2D eigenvalue weighted by molar-refractivity contribution is 0.109. The van der Waals surface area contributed by atoms with Crippen molar-refractivity contribution < 1.29 is 4.79 Å². The summed E-state index contributed by atoms with van der Waals surface area (Å²) in [6, 6.07) is 9.83. The van der Waals surface area contributed by atoms with Crippen LogP contribution in [0.2, 0.25) is 0 Å². The van der Waals surface area contributed by atoms with E-state index < -0.39 is 0 Å². The van der Waals surface area contributed by atoms with Gasteiger partial charge in [0.1, 0.15) is 0 Å². The molecule has 0 atom stereocenters. The number of thioether (sulfide) groups is 1. The van der Waals surface area contributed by atoms with Crippen molar-refractivity contribution in [2.45, 2.75) is 4.90 Å². The number of hydrogen-bond acceptors (Lipinski definition) is 2. The van der Waals surface area contributed by atoms with Crippen LogP contribution in [0.3, 0.4) is 0 Å². The molecular weight excluding hydrogens is 260 g/mol. The molecule has 0 radical (unpaired) electrons. The topological polar surface area (TPSA) is 17.1 Å². The molecule has 0 fully saturated rings. The zero-order valence-electron chi connectivity index (χ0n) is 7.08. The quantitative estimate of drug-likeness (QED) is 0.719. The summed E-state index contributed by atoms with van der Waals surface area (Å²) in [5, 5.41) is 2.37. The molecule has 0 amide bonds. The summed E-state index contributed by atoms with van der Waals surface area (Å²) < 4.78 is 1.05. The number of rotatable bonds is 0. The summed E-state index contributed by atoms with van der Waals surface area (Å²) in [5.41, 5.74) is 0.837. The summed E-state index contributed by atoms with van der Waals surface area (Å²) >= 11 is 4.81. The van der Waals surface area contributed by atoms with E-state index in [-0.39, 0.29) is 5.12 Å². The molecule has 2 aromatic rings. The third-order valence-corrected chi connectivity index (χ3v) is 4.03. The summed E-state index contributed by atoms with van der Waals surface area (Å²) in [5.74, 6) is 0. The molecule has 0 aliphatic carbocycles. The van der Waals surface area contributed by atoms with Crippen LogP contribution in [0.25, 0.3) is 10.8 Å². The van der Waals surface area contributed by atoms with Gasteiger partial charge in [0.2, 0.25) is 5.12 Å². The largest absolute Gasteiger partial charge is 0.281 e. The van der Waals surface area contributed by atoms with Gasteiger partial charge in [0, 0.05) is 20.3 Å². The van der Waals surface area contributed by atoms with Gasteiger partial charge in [-0.15, -0.1) is 0 Å². The Bertz CT molecular complexity index is 562. The number of carbonyl (C=O) groups is 1. The molecule has 0 aromatic heterocycles. The van der Waals surface area contributed by atoms with E-state index in [0.717, 1.165) is 25.7 Å². The lowest BCUT2D eigenvalue weighted by Gasteiger charge is -2.01. The second-order valence-electron chi connectivity index (χ2n) is 3.16. The average Bonchev–Trinajstić information content (AvgIpc) is 2.52. The van der Waals surface area contributed by atoms with Crippen LogP contribution in [-0.4, -0.2) is 5.12 Å². The van der Waals surface area contributed by atoms with Gasteiger partial charge >= 0.3 is 0 Å². The van der Waals surface area contributed by atoms with Gasteiger partial charge in [-0.05, 0) is 35.3 Å². The minimum Gasteiger partial charge on any atom is -0.281 e. The highest BCUT2D eigenvalue weighted by atomic mass is 79.9. The third kappa shape index (κ3) is 0.996. The first kappa shape index (κ1) is 8.50. The summed E-state index contributed by atoms with van der Waals surface area (Å²) in [6.45, 7) is 0. The molecule has 1 nitrogen and oxygen atoms in total. The van der Waals surface area contributed by atoms with E-state index in [4.69, 9.17) is 0 Å². The number of hydrogen-bond donors (Lipinski definition) is 0. The van der Waals surface area contributed by atoms with Crippen LogP contribution in [-0.2, 0) is 0 Å². The molecule has 0 spiro atoms. The van der Waals surface area contributed by atoms with Gasteiger partial charge in [-0.1, -0.05) is 28.1 Å². The molecule has 3 rings (SSSR count). The van der Waals surface area contributed by atoms with Crippen molar-refractivity contribution in [1.82, 2.24) is 0 Å². The minimum absolute atomic E-state index is 0.156. The molecule has 0 unspecified atom stereocenters. The molecule has 1 aliphatic rings. The van der Waals surface area contributed by atoms with Gasteiger partial charge in [-0.25, -0.2) is 0 Å². The van der Waals surface area contributed by atoms with Crippen molar-refractivity contribution >= 4 is 43.6 Å². The SMILES string of the molecule is O=C1Sc2ccc(Br)c3cccc1c23. The van der Waals surface area contributed by atoms with Gasteiger partial charge in [0.25, 0.3) is 0 Å². The van der Waals surface area contributed by atoms with Gasteiger partial charge in [-0.2, -0.15) is 0 Å². The summed E-state index contributed by atoms with van der Waals surface area (Å²) in [7, 11) is 0. The standard InChI is InChI=1S/C11H5BrOS/c12-8-4-5-9-10-6(8)2-1-3-7(10)11(13)14-9/h1-5H. The third-order valence-electron chi connectivity index (χ3n) is 2.37. The van der Waals surface area contributed by atoms with Gasteiger partial charge < -0.3 is 0 Å². The van der Waals surface area contributed by atoms with Crippen molar-refractivity contribution in [3.05, 3.63) is 40.4 Å². The van der Waals surface area contributed by atoms with Crippen LogP contribution < -0.4 is 0 Å². The van der Waals surface area contributed by atoms with E-state index in [2.05, 4.69) is 15.9 Å². The van der Waals surface area contributed by atoms with Crippen LogP contribution in [0.1, 0.15) is 10.4 Å². The number of benzene rings is 2. The van der Waals surface area contributed by atoms with Crippen molar-refractivity contribution in [2.24, 2.45) is 0 Å². The molecule has 0 N–H and O–H groups in total. The highest BCUT2D eigenvalue weighted by molar-refractivity contribution is 9.10. The maximum absolute atomic E-state index is 11.6. The Kier molecular flexibility index (Phi) is 1.73. The second kappa shape index (κ2) is 2.84. The van der Waals surface area contributed by atoms with E-state index in [9.17, 15) is 4.79 Å². The highest BCUT2D eigenvalue weighted by Crippen LogP contribution is 2.42. The van der Waals surface area contributed by atoms with E-state index in [1.165, 1.54) is 11.8 Å². The molecule has 0 saturated carbocycles. The second-order valence-corrected chi connectivity index (χ2v) is 5.03. The van der Waals surface area contributed by atoms with Crippen LogP contribution >= 0.6 is 27.7 Å². The molecule has 68 valence electrons. The highest BCUT2D eigenvalue weighted by Gasteiger charge is 2.22. The Morgan fingerprint density at radius 1 is 1.14 bits per heavy atom. The fourth-order valence-corrected chi connectivity index (χ4v) is 3.15. The lowest BCUT2D eigenvalue weighted by Crippen LogP contribution is -1.85. The fraction of sp³-hybridized carbons (Fsp3) is 0. The van der Waals surface area contributed by atoms with Gasteiger partial charge in [0.15, 0.2) is 0 Å². The first-order valence-electron chi connectivity index (χ1n) is 4.21. The molecule has 1 heterocycles. The van der Waals surface area contributed by atoms with Crippen LogP contribution in [0.15, 0.2) is 39.7 Å². The lowest BCUT2D eigenvalue weighted by atomic mass is 10.1. The molecular formula is C11H5BrOS. The van der Waals surface area contributed by atoms with Crippen molar-refractivity contribution in [2.75, 3.05) is 0 Å². The average molecular weight is 265 g/mol. The Labute approximate surface area is 93.6 Å². The molecule has 2 aromatic carbocycles. The van der Waals surface area contributed by atoms with Crippen LogP contribution in [0.5, 0.6) is 0 Å². The molecule has 0 saturated heterocycles. The predicted octanol–water partition coefficient (Wildman–Crippen LogP) is 3.85. The Morgan fingerprint density at radius 2 is 2.00 bits per heavy atom. The van der Waals surface area contributed by atoms with E-state index in [1.807, 2.05) is 30.3 Å². The molecule has 14 heavy (non-hydrogen) atoms. The summed E-state index contributed by atoms with van der Waals surface area (Å²) in [4.78, 5) is 12.7. The van der Waals surface area contributed by atoms with E-state index in [0.29, 0.717) is 0 Å². The molecule has 1 aliphatic heterocycles. The summed E-state index contributed by atoms with van der Waals surface area (Å²) in [6.07, 6.45) is 0. The monoisotopic (exact) mass is 264 g/mol. The van der Waals surface area contributed by atoms with E-state index in [1.54, 1.807) is 0 Å². The Hall–Kier alpha value is -0.800. The van der Waals surface area contributed by atoms with E-state index >= 15 is 0 Å². The van der Waals surface area contributed by atoms with Gasteiger partial charge in [0.05, 0.1) is 0 Å². The number of halogens is 1. The number of carbonyl (C=O) groups excluding carboxylic acids is 1. The maximum Gasteiger partial charge on any atom is 0.224 e. The first-order chi connectivity index (χ1) is 6.77. The first-order valence-corrected chi connectivity index (χ1v) is 5.82. The van der Waals surface area contributed by atoms with Gasteiger partial charge in [-0.3, -0.25) is 4.79 Å². The smallest absolute Gasteiger partial charge is 0.224 e. The minimum atomic E-state index is 0.156.